The van der Waals surface area contributed by atoms with E-state index in [1.54, 1.807) is 0 Å². The summed E-state index contributed by atoms with van der Waals surface area (Å²) >= 11 is 0. The Morgan fingerprint density at radius 2 is 1.72 bits per heavy atom. The van der Waals surface area contributed by atoms with Crippen LogP contribution in [0.2, 0.25) is 0 Å². The molecule has 98 valence electrons. The van der Waals surface area contributed by atoms with Crippen molar-refractivity contribution in [2.45, 2.75) is 45.1 Å². The van der Waals surface area contributed by atoms with E-state index in [1.807, 2.05) is 0 Å². The number of rotatable bonds is 5. The van der Waals surface area contributed by atoms with Crippen LogP contribution < -0.4 is 11.3 Å². The first-order chi connectivity index (χ1) is 8.80. The Labute approximate surface area is 110 Å². The standard InChI is InChI=1S/C16H24N2/c1-2-11-3-5-12(6-4-11)7-16(18-17)15-9-13-8-14(13)10-15/h3-6,13-16,18H,2,7-10,17H2,1H3. The molecule has 2 fully saturated rings. The van der Waals surface area contributed by atoms with E-state index in [4.69, 9.17) is 5.84 Å². The van der Waals surface area contributed by atoms with Crippen LogP contribution in [0.4, 0.5) is 0 Å². The largest absolute Gasteiger partial charge is 0.271 e. The Balaban J connectivity index is 1.61. The van der Waals surface area contributed by atoms with Gasteiger partial charge in [0.1, 0.15) is 0 Å². The van der Waals surface area contributed by atoms with E-state index in [1.165, 1.54) is 30.4 Å². The molecule has 0 amide bonds. The molecule has 2 saturated carbocycles. The van der Waals surface area contributed by atoms with Gasteiger partial charge in [-0.1, -0.05) is 31.2 Å². The maximum atomic E-state index is 5.77. The van der Waals surface area contributed by atoms with E-state index in [0.717, 1.165) is 30.6 Å². The average Bonchev–Trinajstić information content (AvgIpc) is 3.03. The second-order valence-electron chi connectivity index (χ2n) is 6.13. The first-order valence-electron chi connectivity index (χ1n) is 7.34. The number of benzene rings is 1. The molecule has 0 aromatic heterocycles. The molecule has 2 nitrogen and oxygen atoms in total. The number of nitrogens with one attached hydrogen (secondary N) is 1. The van der Waals surface area contributed by atoms with Crippen LogP contribution in [-0.2, 0) is 12.8 Å². The van der Waals surface area contributed by atoms with E-state index >= 15 is 0 Å². The fourth-order valence-corrected chi connectivity index (χ4v) is 3.62. The highest BCUT2D eigenvalue weighted by molar-refractivity contribution is 5.23. The predicted molar refractivity (Wildman–Crippen MR) is 75.0 cm³/mol. The van der Waals surface area contributed by atoms with Crippen molar-refractivity contribution in [3.63, 3.8) is 0 Å². The highest BCUT2D eigenvalue weighted by Crippen LogP contribution is 2.55. The van der Waals surface area contributed by atoms with Gasteiger partial charge in [-0.15, -0.1) is 0 Å². The van der Waals surface area contributed by atoms with Gasteiger partial charge in [0.25, 0.3) is 0 Å². The van der Waals surface area contributed by atoms with Gasteiger partial charge < -0.3 is 0 Å². The van der Waals surface area contributed by atoms with E-state index in [2.05, 4.69) is 36.6 Å². The molecular weight excluding hydrogens is 220 g/mol. The van der Waals surface area contributed by atoms with Crippen LogP contribution in [0.15, 0.2) is 24.3 Å². The van der Waals surface area contributed by atoms with Crippen LogP contribution in [0, 0.1) is 17.8 Å². The Morgan fingerprint density at radius 1 is 1.11 bits per heavy atom. The number of aryl methyl sites for hydroxylation is 1. The Kier molecular flexibility index (Phi) is 3.40. The van der Waals surface area contributed by atoms with Gasteiger partial charge in [-0.3, -0.25) is 11.3 Å². The van der Waals surface area contributed by atoms with Crippen LogP contribution in [-0.4, -0.2) is 6.04 Å². The lowest BCUT2D eigenvalue weighted by atomic mass is 9.90. The van der Waals surface area contributed by atoms with Crippen LogP contribution in [0.3, 0.4) is 0 Å². The highest BCUT2D eigenvalue weighted by atomic mass is 15.2. The summed E-state index contributed by atoms with van der Waals surface area (Å²) in [7, 11) is 0. The van der Waals surface area contributed by atoms with E-state index in [0.29, 0.717) is 6.04 Å². The van der Waals surface area contributed by atoms with Crippen molar-refractivity contribution in [1.82, 2.24) is 5.43 Å². The second-order valence-corrected chi connectivity index (χ2v) is 6.13. The van der Waals surface area contributed by atoms with E-state index in [9.17, 15) is 0 Å². The molecule has 0 heterocycles. The fourth-order valence-electron chi connectivity index (χ4n) is 3.62. The van der Waals surface area contributed by atoms with Gasteiger partial charge >= 0.3 is 0 Å². The van der Waals surface area contributed by atoms with E-state index in [-0.39, 0.29) is 0 Å². The van der Waals surface area contributed by atoms with Crippen molar-refractivity contribution >= 4 is 0 Å². The third kappa shape index (κ3) is 2.45. The van der Waals surface area contributed by atoms with Gasteiger partial charge in [-0.05, 0) is 61.0 Å². The average molecular weight is 244 g/mol. The highest BCUT2D eigenvalue weighted by Gasteiger charge is 2.47. The van der Waals surface area contributed by atoms with Crippen LogP contribution in [0.1, 0.15) is 37.3 Å². The monoisotopic (exact) mass is 244 g/mol. The summed E-state index contributed by atoms with van der Waals surface area (Å²) in [5.41, 5.74) is 5.89. The summed E-state index contributed by atoms with van der Waals surface area (Å²) < 4.78 is 0. The van der Waals surface area contributed by atoms with Crippen LogP contribution >= 0.6 is 0 Å². The third-order valence-electron chi connectivity index (χ3n) is 4.95. The second kappa shape index (κ2) is 5.02. The lowest BCUT2D eigenvalue weighted by Gasteiger charge is -2.24. The molecule has 2 aliphatic rings. The van der Waals surface area contributed by atoms with Crippen LogP contribution in [0.25, 0.3) is 0 Å². The molecule has 3 rings (SSSR count). The molecule has 0 radical (unpaired) electrons. The smallest absolute Gasteiger partial charge is 0.0279 e. The summed E-state index contributed by atoms with van der Waals surface area (Å²) in [6.45, 7) is 2.20. The van der Waals surface area contributed by atoms with E-state index < -0.39 is 0 Å². The zero-order valence-corrected chi connectivity index (χ0v) is 11.2. The lowest BCUT2D eigenvalue weighted by molar-refractivity contribution is 0.336. The summed E-state index contributed by atoms with van der Waals surface area (Å²) in [6.07, 6.45) is 6.47. The third-order valence-corrected chi connectivity index (χ3v) is 4.95. The van der Waals surface area contributed by atoms with Crippen molar-refractivity contribution in [2.75, 3.05) is 0 Å². The summed E-state index contributed by atoms with van der Waals surface area (Å²) in [5.74, 6) is 8.63. The van der Waals surface area contributed by atoms with Gasteiger partial charge in [0.05, 0.1) is 0 Å². The predicted octanol–water partition coefficient (Wildman–Crippen LogP) is 2.67. The molecule has 0 aliphatic heterocycles. The molecule has 2 heteroatoms. The Bertz CT molecular complexity index is 388. The lowest BCUT2D eigenvalue weighted by Crippen LogP contribution is -2.42. The molecule has 18 heavy (non-hydrogen) atoms. The molecule has 0 spiro atoms. The van der Waals surface area contributed by atoms with Crippen LogP contribution in [0.5, 0.6) is 0 Å². The molecule has 0 bridgehead atoms. The quantitative estimate of drug-likeness (QED) is 0.617. The molecule has 3 atom stereocenters. The van der Waals surface area contributed by atoms with Gasteiger partial charge in [0.15, 0.2) is 0 Å². The summed E-state index contributed by atoms with van der Waals surface area (Å²) in [5, 5.41) is 0. The minimum atomic E-state index is 0.463. The number of nitrogens with two attached hydrogens (primary N) is 1. The molecular formula is C16H24N2. The molecule has 3 unspecified atom stereocenters. The minimum absolute atomic E-state index is 0.463. The topological polar surface area (TPSA) is 38.0 Å². The first kappa shape index (κ1) is 12.2. The van der Waals surface area contributed by atoms with Gasteiger partial charge in [0.2, 0.25) is 0 Å². The zero-order chi connectivity index (χ0) is 12.5. The SMILES string of the molecule is CCc1ccc(CC(NN)C2CC3CC3C2)cc1. The van der Waals surface area contributed by atoms with Gasteiger partial charge in [-0.25, -0.2) is 0 Å². The maximum Gasteiger partial charge on any atom is 0.0279 e. The maximum absolute atomic E-state index is 5.77. The molecule has 1 aromatic rings. The Hall–Kier alpha value is -0.860. The normalized spacial score (nSPS) is 31.1. The molecule has 1 aromatic carbocycles. The number of hydrogen-bond donors (Lipinski definition) is 2. The Morgan fingerprint density at radius 3 is 2.28 bits per heavy atom. The number of fused-ring (bicyclic) bond motifs is 1. The van der Waals surface area contributed by atoms with Crippen molar-refractivity contribution in [3.05, 3.63) is 35.4 Å². The van der Waals surface area contributed by atoms with Gasteiger partial charge in [-0.2, -0.15) is 0 Å². The molecule has 2 aliphatic carbocycles. The fraction of sp³-hybridized carbons (Fsp3) is 0.625. The van der Waals surface area contributed by atoms with Crippen molar-refractivity contribution in [3.8, 4) is 0 Å². The van der Waals surface area contributed by atoms with Crippen molar-refractivity contribution in [2.24, 2.45) is 23.6 Å². The summed E-state index contributed by atoms with van der Waals surface area (Å²) in [4.78, 5) is 0. The molecule has 0 saturated heterocycles. The molecule has 3 N–H and O–H groups in total. The number of hydrazine groups is 1. The first-order valence-corrected chi connectivity index (χ1v) is 7.34. The van der Waals surface area contributed by atoms with Crippen molar-refractivity contribution in [1.29, 1.82) is 0 Å². The summed E-state index contributed by atoms with van der Waals surface area (Å²) in [6, 6.07) is 9.48. The van der Waals surface area contributed by atoms with Crippen molar-refractivity contribution < 1.29 is 0 Å². The zero-order valence-electron chi connectivity index (χ0n) is 11.2. The number of hydrogen-bond acceptors (Lipinski definition) is 2. The van der Waals surface area contributed by atoms with Gasteiger partial charge in [0, 0.05) is 6.04 Å². The minimum Gasteiger partial charge on any atom is -0.271 e.